The molecule has 0 aliphatic heterocycles. The Kier molecular flexibility index (Phi) is 7.40. The summed E-state index contributed by atoms with van der Waals surface area (Å²) in [4.78, 5) is 13.6. The molecule has 1 aromatic carbocycles. The number of aliphatic hydroxyl groups excluding tert-OH is 3. The lowest BCUT2D eigenvalue weighted by Gasteiger charge is -2.21. The Balaban J connectivity index is 3.10. The van der Waals surface area contributed by atoms with Crippen LogP contribution in [0.1, 0.15) is 22.3 Å². The van der Waals surface area contributed by atoms with E-state index in [1.165, 1.54) is 11.0 Å². The summed E-state index contributed by atoms with van der Waals surface area (Å²) in [5.41, 5.74) is 0.415. The van der Waals surface area contributed by atoms with Crippen molar-refractivity contribution in [2.45, 2.75) is 6.42 Å². The highest BCUT2D eigenvalue weighted by molar-refractivity contribution is 5.96. The molecule has 0 fully saturated rings. The number of hydrogen-bond donors (Lipinski definition) is 3. The van der Waals surface area contributed by atoms with Gasteiger partial charge in [-0.05, 0) is 18.2 Å². The van der Waals surface area contributed by atoms with Gasteiger partial charge in [0.05, 0.1) is 25.4 Å². The molecule has 0 spiro atoms. The number of halogens is 1. The fourth-order valence-corrected chi connectivity index (χ4v) is 1.75. The molecule has 0 aliphatic carbocycles. The number of rotatable bonds is 6. The Labute approximate surface area is 122 Å². The molecular formula is C15H18FNO4. The summed E-state index contributed by atoms with van der Waals surface area (Å²) in [5.74, 6) is 4.34. The minimum atomic E-state index is -0.518. The van der Waals surface area contributed by atoms with Gasteiger partial charge in [-0.25, -0.2) is 4.39 Å². The summed E-state index contributed by atoms with van der Waals surface area (Å²) in [6.45, 7) is -0.454. The third-order valence-corrected chi connectivity index (χ3v) is 2.70. The highest BCUT2D eigenvalue weighted by Gasteiger charge is 2.18. The van der Waals surface area contributed by atoms with Gasteiger partial charge >= 0.3 is 0 Å². The van der Waals surface area contributed by atoms with Crippen molar-refractivity contribution in [1.29, 1.82) is 0 Å². The summed E-state index contributed by atoms with van der Waals surface area (Å²) in [7, 11) is 0. The standard InChI is InChI=1S/C15H18FNO4/c16-13-4-5-14(12(11-13)3-1-2-8-18)15(21)17(6-9-19)7-10-20/h4-5,11,18-20H,2,6-10H2. The molecule has 0 saturated heterocycles. The number of aliphatic hydroxyl groups is 3. The zero-order valence-corrected chi connectivity index (χ0v) is 11.5. The molecule has 0 aromatic heterocycles. The van der Waals surface area contributed by atoms with E-state index >= 15 is 0 Å². The molecule has 1 rings (SSSR count). The number of benzene rings is 1. The van der Waals surface area contributed by atoms with Crippen LogP contribution in [0.4, 0.5) is 4.39 Å². The van der Waals surface area contributed by atoms with Crippen molar-refractivity contribution in [3.05, 3.63) is 35.1 Å². The van der Waals surface area contributed by atoms with Crippen LogP contribution in [0.5, 0.6) is 0 Å². The van der Waals surface area contributed by atoms with Crippen LogP contribution in [0.2, 0.25) is 0 Å². The van der Waals surface area contributed by atoms with Gasteiger partial charge in [-0.3, -0.25) is 4.79 Å². The van der Waals surface area contributed by atoms with Crippen molar-refractivity contribution in [2.24, 2.45) is 0 Å². The number of carbonyl (C=O) groups is 1. The Morgan fingerprint density at radius 2 is 1.81 bits per heavy atom. The van der Waals surface area contributed by atoms with Crippen molar-refractivity contribution in [1.82, 2.24) is 4.90 Å². The van der Waals surface area contributed by atoms with E-state index in [-0.39, 0.29) is 50.5 Å². The molecular weight excluding hydrogens is 277 g/mol. The topological polar surface area (TPSA) is 81.0 Å². The van der Waals surface area contributed by atoms with E-state index in [1.807, 2.05) is 0 Å². The number of nitrogens with zero attached hydrogens (tertiary/aromatic N) is 1. The maximum Gasteiger partial charge on any atom is 0.255 e. The van der Waals surface area contributed by atoms with Crippen molar-refractivity contribution in [3.8, 4) is 11.8 Å². The first-order chi connectivity index (χ1) is 10.1. The minimum absolute atomic E-state index is 0.0697. The molecule has 0 unspecified atom stereocenters. The van der Waals surface area contributed by atoms with Crippen LogP contribution < -0.4 is 0 Å². The van der Waals surface area contributed by atoms with Crippen LogP contribution in [0, 0.1) is 17.7 Å². The molecule has 1 amide bonds. The summed E-state index contributed by atoms with van der Waals surface area (Å²) >= 11 is 0. The van der Waals surface area contributed by atoms with E-state index in [9.17, 15) is 9.18 Å². The van der Waals surface area contributed by atoms with E-state index < -0.39 is 11.7 Å². The SMILES string of the molecule is O=C(c1ccc(F)cc1C#CCCO)N(CCO)CCO. The fourth-order valence-electron chi connectivity index (χ4n) is 1.75. The van der Waals surface area contributed by atoms with Gasteiger partial charge in [-0.1, -0.05) is 11.8 Å². The Hall–Kier alpha value is -1.94. The van der Waals surface area contributed by atoms with Gasteiger partial charge < -0.3 is 20.2 Å². The fraction of sp³-hybridized carbons (Fsp3) is 0.400. The molecule has 0 bridgehead atoms. The quantitative estimate of drug-likeness (QED) is 0.645. The Morgan fingerprint density at radius 3 is 2.38 bits per heavy atom. The van der Waals surface area contributed by atoms with Crippen molar-refractivity contribution in [2.75, 3.05) is 32.9 Å². The molecule has 1 aromatic rings. The second-order valence-electron chi connectivity index (χ2n) is 4.20. The zero-order valence-electron chi connectivity index (χ0n) is 11.5. The van der Waals surface area contributed by atoms with Gasteiger partial charge in [0.1, 0.15) is 5.82 Å². The van der Waals surface area contributed by atoms with Crippen LogP contribution in [0.3, 0.4) is 0 Å². The van der Waals surface area contributed by atoms with Crippen molar-refractivity contribution < 1.29 is 24.5 Å². The molecule has 5 nitrogen and oxygen atoms in total. The first kappa shape index (κ1) is 17.1. The molecule has 21 heavy (non-hydrogen) atoms. The van der Waals surface area contributed by atoms with E-state index in [1.54, 1.807) is 0 Å². The average Bonchev–Trinajstić information content (AvgIpc) is 2.47. The van der Waals surface area contributed by atoms with Crippen molar-refractivity contribution >= 4 is 5.91 Å². The lowest BCUT2D eigenvalue weighted by Crippen LogP contribution is -2.36. The maximum absolute atomic E-state index is 13.3. The third-order valence-electron chi connectivity index (χ3n) is 2.70. The summed E-state index contributed by atoms with van der Waals surface area (Å²) in [5, 5.41) is 26.6. The van der Waals surface area contributed by atoms with Crippen LogP contribution in [0.25, 0.3) is 0 Å². The first-order valence-corrected chi connectivity index (χ1v) is 6.54. The van der Waals surface area contributed by atoms with Crippen LogP contribution >= 0.6 is 0 Å². The second kappa shape index (κ2) is 9.08. The minimum Gasteiger partial charge on any atom is -0.395 e. The molecule has 0 heterocycles. The highest BCUT2D eigenvalue weighted by atomic mass is 19.1. The summed E-state index contributed by atoms with van der Waals surface area (Å²) in [6, 6.07) is 3.62. The zero-order chi connectivity index (χ0) is 15.7. The van der Waals surface area contributed by atoms with Gasteiger partial charge in [-0.2, -0.15) is 0 Å². The average molecular weight is 295 g/mol. The van der Waals surface area contributed by atoms with Crippen LogP contribution in [-0.2, 0) is 0 Å². The first-order valence-electron chi connectivity index (χ1n) is 6.54. The molecule has 0 aliphatic rings. The van der Waals surface area contributed by atoms with Crippen LogP contribution in [0.15, 0.2) is 18.2 Å². The van der Waals surface area contributed by atoms with E-state index in [2.05, 4.69) is 11.8 Å². The molecule has 0 atom stereocenters. The highest BCUT2D eigenvalue weighted by Crippen LogP contribution is 2.13. The number of hydrogen-bond acceptors (Lipinski definition) is 4. The van der Waals surface area contributed by atoms with Gasteiger partial charge in [0.15, 0.2) is 0 Å². The van der Waals surface area contributed by atoms with Gasteiger partial charge in [0.2, 0.25) is 0 Å². The lowest BCUT2D eigenvalue weighted by atomic mass is 10.1. The molecule has 114 valence electrons. The largest absolute Gasteiger partial charge is 0.395 e. The second-order valence-corrected chi connectivity index (χ2v) is 4.20. The Morgan fingerprint density at radius 1 is 1.14 bits per heavy atom. The van der Waals surface area contributed by atoms with E-state index in [0.717, 1.165) is 12.1 Å². The molecule has 3 N–H and O–H groups in total. The monoisotopic (exact) mass is 295 g/mol. The number of amides is 1. The molecule has 6 heteroatoms. The molecule has 0 saturated carbocycles. The van der Waals surface area contributed by atoms with Gasteiger partial charge in [0.25, 0.3) is 5.91 Å². The molecule has 0 radical (unpaired) electrons. The predicted octanol–water partition coefficient (Wildman–Crippen LogP) is -0.0136. The van der Waals surface area contributed by atoms with Crippen molar-refractivity contribution in [3.63, 3.8) is 0 Å². The normalized spacial score (nSPS) is 9.90. The van der Waals surface area contributed by atoms with E-state index in [4.69, 9.17) is 15.3 Å². The van der Waals surface area contributed by atoms with Gasteiger partial charge in [0, 0.05) is 25.1 Å². The van der Waals surface area contributed by atoms with E-state index in [0.29, 0.717) is 0 Å². The number of carbonyl (C=O) groups excluding carboxylic acids is 1. The third kappa shape index (κ3) is 5.16. The maximum atomic E-state index is 13.3. The summed E-state index contributed by atoms with van der Waals surface area (Å²) < 4.78 is 13.3. The summed E-state index contributed by atoms with van der Waals surface area (Å²) in [6.07, 6.45) is 0.223. The smallest absolute Gasteiger partial charge is 0.255 e. The lowest BCUT2D eigenvalue weighted by molar-refractivity contribution is 0.0684. The Bertz CT molecular complexity index is 530. The predicted molar refractivity (Wildman–Crippen MR) is 75.1 cm³/mol. The van der Waals surface area contributed by atoms with Crippen LogP contribution in [-0.4, -0.2) is 59.0 Å². The van der Waals surface area contributed by atoms with Gasteiger partial charge in [-0.15, -0.1) is 0 Å².